The molecule has 94 valence electrons. The van der Waals surface area contributed by atoms with Crippen molar-refractivity contribution < 1.29 is 4.79 Å². The van der Waals surface area contributed by atoms with Gasteiger partial charge in [-0.05, 0) is 41.9 Å². The van der Waals surface area contributed by atoms with E-state index >= 15 is 0 Å². The van der Waals surface area contributed by atoms with Crippen LogP contribution in [0.4, 0.5) is 0 Å². The molecule has 0 radical (unpaired) electrons. The molecule has 2 nitrogen and oxygen atoms in total. The fourth-order valence-corrected chi connectivity index (χ4v) is 2.24. The van der Waals surface area contributed by atoms with Crippen LogP contribution in [-0.2, 0) is 0 Å². The molecule has 17 heavy (non-hydrogen) atoms. The summed E-state index contributed by atoms with van der Waals surface area (Å²) in [6.07, 6.45) is 3.42. The van der Waals surface area contributed by atoms with Gasteiger partial charge in [0.05, 0.1) is 0 Å². The molecule has 4 heteroatoms. The van der Waals surface area contributed by atoms with E-state index in [1.54, 1.807) is 12.1 Å². The third-order valence-electron chi connectivity index (χ3n) is 2.54. The van der Waals surface area contributed by atoms with Crippen LogP contribution in [0.5, 0.6) is 0 Å². The molecule has 0 bridgehead atoms. The topological polar surface area (TPSA) is 29.1 Å². The third kappa shape index (κ3) is 5.25. The van der Waals surface area contributed by atoms with Gasteiger partial charge in [0, 0.05) is 17.1 Å². The lowest BCUT2D eigenvalue weighted by Crippen LogP contribution is -2.25. The van der Waals surface area contributed by atoms with Crippen molar-refractivity contribution in [2.75, 3.05) is 11.0 Å². The van der Waals surface area contributed by atoms with Gasteiger partial charge < -0.3 is 5.32 Å². The number of carbonyl (C=O) groups is 1. The van der Waals surface area contributed by atoms with E-state index in [4.69, 9.17) is 11.6 Å². The molecule has 0 spiro atoms. The van der Waals surface area contributed by atoms with E-state index in [0.717, 1.165) is 24.9 Å². The van der Waals surface area contributed by atoms with Crippen molar-refractivity contribution in [2.24, 2.45) is 0 Å². The monoisotopic (exact) mass is 365 g/mol. The lowest BCUT2D eigenvalue weighted by atomic mass is 10.1. The fourth-order valence-electron chi connectivity index (χ4n) is 1.53. The Labute approximate surface area is 121 Å². The van der Waals surface area contributed by atoms with E-state index in [1.807, 2.05) is 13.0 Å². The highest BCUT2D eigenvalue weighted by atomic mass is 127. The van der Waals surface area contributed by atoms with Crippen LogP contribution in [0.25, 0.3) is 0 Å². The summed E-state index contributed by atoms with van der Waals surface area (Å²) < 4.78 is 1.18. The average Bonchev–Trinajstić information content (AvgIpc) is 2.32. The van der Waals surface area contributed by atoms with Crippen molar-refractivity contribution in [2.45, 2.75) is 26.2 Å². The summed E-state index contributed by atoms with van der Waals surface area (Å²) in [6.45, 7) is 2.66. The minimum absolute atomic E-state index is 0.0283. The van der Waals surface area contributed by atoms with Crippen LogP contribution in [0.3, 0.4) is 0 Å². The average molecular weight is 366 g/mol. The quantitative estimate of drug-likeness (QED) is 0.461. The van der Waals surface area contributed by atoms with Crippen LogP contribution in [0.2, 0.25) is 5.02 Å². The second kappa shape index (κ2) is 7.93. The van der Waals surface area contributed by atoms with Gasteiger partial charge in [0.25, 0.3) is 5.91 Å². The van der Waals surface area contributed by atoms with Crippen LogP contribution in [-0.4, -0.2) is 16.9 Å². The summed E-state index contributed by atoms with van der Waals surface area (Å²) in [4.78, 5) is 11.9. The van der Waals surface area contributed by atoms with Gasteiger partial charge >= 0.3 is 0 Å². The molecule has 0 atom stereocenters. The first-order valence-electron chi connectivity index (χ1n) is 5.75. The molecule has 0 fully saturated rings. The molecule has 0 aromatic heterocycles. The lowest BCUT2D eigenvalue weighted by Gasteiger charge is -2.07. The van der Waals surface area contributed by atoms with E-state index in [1.165, 1.54) is 10.8 Å². The molecular formula is C13H17ClINO. The number of hydrogen-bond acceptors (Lipinski definition) is 1. The summed E-state index contributed by atoms with van der Waals surface area (Å²) >= 11 is 8.25. The Bertz CT molecular complexity index is 382. The van der Waals surface area contributed by atoms with Crippen molar-refractivity contribution in [1.82, 2.24) is 5.32 Å². The second-order valence-electron chi connectivity index (χ2n) is 3.96. The van der Waals surface area contributed by atoms with Gasteiger partial charge in [-0.15, -0.1) is 0 Å². The molecule has 1 amide bonds. The summed E-state index contributed by atoms with van der Waals surface area (Å²) in [5.41, 5.74) is 1.63. The highest BCUT2D eigenvalue weighted by Crippen LogP contribution is 2.15. The van der Waals surface area contributed by atoms with E-state index in [9.17, 15) is 4.79 Å². The zero-order valence-electron chi connectivity index (χ0n) is 9.93. The van der Waals surface area contributed by atoms with Gasteiger partial charge in [-0.3, -0.25) is 4.79 Å². The van der Waals surface area contributed by atoms with Crippen molar-refractivity contribution in [3.8, 4) is 0 Å². The van der Waals surface area contributed by atoms with E-state index < -0.39 is 0 Å². The summed E-state index contributed by atoms with van der Waals surface area (Å²) in [5, 5.41) is 3.53. The number of amides is 1. The van der Waals surface area contributed by atoms with E-state index in [0.29, 0.717) is 10.6 Å². The molecular weight excluding hydrogens is 349 g/mol. The normalized spacial score (nSPS) is 10.3. The fraction of sp³-hybridized carbons (Fsp3) is 0.462. The lowest BCUT2D eigenvalue weighted by molar-refractivity contribution is 0.0952. The number of benzene rings is 1. The van der Waals surface area contributed by atoms with E-state index in [2.05, 4.69) is 27.9 Å². The number of unbranched alkanes of at least 4 members (excludes halogenated alkanes) is 2. The van der Waals surface area contributed by atoms with Gasteiger partial charge in [-0.25, -0.2) is 0 Å². The van der Waals surface area contributed by atoms with Gasteiger partial charge in [-0.1, -0.05) is 46.7 Å². The predicted molar refractivity (Wildman–Crippen MR) is 81.3 cm³/mol. The maximum absolute atomic E-state index is 11.9. The smallest absolute Gasteiger partial charge is 0.251 e. The van der Waals surface area contributed by atoms with Gasteiger partial charge in [-0.2, -0.15) is 0 Å². The Morgan fingerprint density at radius 2 is 2.12 bits per heavy atom. The van der Waals surface area contributed by atoms with Gasteiger partial charge in [0.15, 0.2) is 0 Å². The number of alkyl halides is 1. The Morgan fingerprint density at radius 3 is 2.82 bits per heavy atom. The standard InChI is InChI=1S/C13H17ClINO/c1-10-5-6-11(14)9-12(10)13(17)16-8-4-2-3-7-15/h5-6,9H,2-4,7-8H2,1H3,(H,16,17). The molecule has 0 unspecified atom stereocenters. The SMILES string of the molecule is Cc1ccc(Cl)cc1C(=O)NCCCCCI. The molecule has 0 saturated heterocycles. The number of aryl methyl sites for hydroxylation is 1. The van der Waals surface area contributed by atoms with Crippen LogP contribution >= 0.6 is 34.2 Å². The summed E-state index contributed by atoms with van der Waals surface area (Å²) in [6, 6.07) is 5.39. The number of nitrogens with one attached hydrogen (secondary N) is 1. The zero-order chi connectivity index (χ0) is 12.7. The molecule has 0 aliphatic carbocycles. The molecule has 0 aliphatic heterocycles. The molecule has 1 N–H and O–H groups in total. The highest BCUT2D eigenvalue weighted by molar-refractivity contribution is 14.1. The van der Waals surface area contributed by atoms with Crippen molar-refractivity contribution in [1.29, 1.82) is 0 Å². The number of halogens is 2. The molecule has 1 aromatic rings. The van der Waals surface area contributed by atoms with Crippen LogP contribution in [0.15, 0.2) is 18.2 Å². The van der Waals surface area contributed by atoms with Crippen molar-refractivity contribution >= 4 is 40.1 Å². The van der Waals surface area contributed by atoms with Gasteiger partial charge in [0.2, 0.25) is 0 Å². The Balaban J connectivity index is 2.44. The minimum atomic E-state index is -0.0283. The van der Waals surface area contributed by atoms with Crippen LogP contribution < -0.4 is 5.32 Å². The Hall–Kier alpha value is -0.290. The maximum Gasteiger partial charge on any atom is 0.251 e. The summed E-state index contributed by atoms with van der Waals surface area (Å²) in [5.74, 6) is -0.0283. The second-order valence-corrected chi connectivity index (χ2v) is 5.48. The first-order valence-corrected chi connectivity index (χ1v) is 7.66. The molecule has 1 aromatic carbocycles. The van der Waals surface area contributed by atoms with Crippen molar-refractivity contribution in [3.05, 3.63) is 34.3 Å². The first-order chi connectivity index (χ1) is 8.15. The Kier molecular flexibility index (Phi) is 6.89. The number of hydrogen-bond donors (Lipinski definition) is 1. The van der Waals surface area contributed by atoms with Crippen LogP contribution in [0, 0.1) is 6.92 Å². The molecule has 0 aliphatic rings. The largest absolute Gasteiger partial charge is 0.352 e. The third-order valence-corrected chi connectivity index (χ3v) is 3.54. The van der Waals surface area contributed by atoms with Crippen LogP contribution in [0.1, 0.15) is 35.2 Å². The maximum atomic E-state index is 11.9. The number of carbonyl (C=O) groups excluding carboxylic acids is 1. The van der Waals surface area contributed by atoms with E-state index in [-0.39, 0.29) is 5.91 Å². The number of rotatable bonds is 6. The molecule has 1 rings (SSSR count). The molecule has 0 saturated carbocycles. The Morgan fingerprint density at radius 1 is 1.35 bits per heavy atom. The minimum Gasteiger partial charge on any atom is -0.352 e. The van der Waals surface area contributed by atoms with Gasteiger partial charge in [0.1, 0.15) is 0 Å². The first kappa shape index (κ1) is 14.8. The zero-order valence-corrected chi connectivity index (χ0v) is 12.8. The predicted octanol–water partition coefficient (Wildman–Crippen LogP) is 3.98. The highest BCUT2D eigenvalue weighted by Gasteiger charge is 2.08. The van der Waals surface area contributed by atoms with Crippen molar-refractivity contribution in [3.63, 3.8) is 0 Å². The summed E-state index contributed by atoms with van der Waals surface area (Å²) in [7, 11) is 0. The molecule has 0 heterocycles.